The highest BCUT2D eigenvalue weighted by Gasteiger charge is 2.22. The third-order valence-corrected chi connectivity index (χ3v) is 9.42. The topological polar surface area (TPSA) is 25.8 Å². The van der Waals surface area contributed by atoms with Gasteiger partial charge in [-0.05, 0) is 47.2 Å². The van der Waals surface area contributed by atoms with Crippen LogP contribution >= 0.6 is 11.3 Å². The molecule has 0 bridgehead atoms. The van der Waals surface area contributed by atoms with E-state index in [9.17, 15) is 0 Å². The van der Waals surface area contributed by atoms with Gasteiger partial charge < -0.3 is 0 Å². The minimum absolute atomic E-state index is 0.270. The molecule has 0 atom stereocenters. The van der Waals surface area contributed by atoms with Gasteiger partial charge in [-0.3, -0.25) is 0 Å². The van der Waals surface area contributed by atoms with E-state index < -0.39 is 8.07 Å². The smallest absolute Gasteiger partial charge is 0.116 e. The first-order valence-corrected chi connectivity index (χ1v) is 16.0. The highest BCUT2D eigenvalue weighted by Crippen LogP contribution is 2.39. The summed E-state index contributed by atoms with van der Waals surface area (Å²) in [7, 11) is -1.55. The molecule has 168 valence electrons. The minimum Gasteiger partial charge on any atom is -0.235 e. The Morgan fingerprint density at radius 2 is 1.64 bits per heavy atom. The monoisotopic (exact) mass is 468 g/mol. The standard InChI is InChI=1S/C29H32N2SSi/c1-18-8-10-22-20(12-18)14-21(15-25(22)33(5,6)7)26-28-27(31-17-30-26)23-11-9-19(13-24(23)32-28)16-29(2,3)4/h8-15,17H,16H2,1-7H3. The fourth-order valence-electron chi connectivity index (χ4n) is 4.79. The van der Waals surface area contributed by atoms with Crippen molar-refractivity contribution in [3.63, 3.8) is 0 Å². The van der Waals surface area contributed by atoms with Crippen LogP contribution in [0.2, 0.25) is 19.6 Å². The van der Waals surface area contributed by atoms with E-state index in [1.807, 2.05) is 11.3 Å². The number of fused-ring (bicyclic) bond motifs is 4. The van der Waals surface area contributed by atoms with Crippen molar-refractivity contribution in [2.75, 3.05) is 0 Å². The molecule has 0 aliphatic carbocycles. The second kappa shape index (κ2) is 7.75. The molecule has 2 nitrogen and oxygen atoms in total. The largest absolute Gasteiger partial charge is 0.235 e. The van der Waals surface area contributed by atoms with Gasteiger partial charge in [0.25, 0.3) is 0 Å². The Morgan fingerprint density at radius 1 is 0.879 bits per heavy atom. The molecule has 4 heteroatoms. The van der Waals surface area contributed by atoms with Crippen LogP contribution in [0.3, 0.4) is 0 Å². The van der Waals surface area contributed by atoms with Crippen LogP contribution < -0.4 is 5.19 Å². The lowest BCUT2D eigenvalue weighted by Crippen LogP contribution is -2.38. The molecule has 0 saturated carbocycles. The van der Waals surface area contributed by atoms with E-state index >= 15 is 0 Å². The number of hydrogen-bond acceptors (Lipinski definition) is 3. The third-order valence-electron chi connectivity index (χ3n) is 6.24. The van der Waals surface area contributed by atoms with E-state index in [-0.39, 0.29) is 5.41 Å². The molecular weight excluding hydrogens is 436 g/mol. The summed E-state index contributed by atoms with van der Waals surface area (Å²) in [5.41, 5.74) is 6.29. The van der Waals surface area contributed by atoms with E-state index in [0.717, 1.165) is 17.6 Å². The van der Waals surface area contributed by atoms with Gasteiger partial charge in [-0.2, -0.15) is 0 Å². The summed E-state index contributed by atoms with van der Waals surface area (Å²) in [5.74, 6) is 0. The van der Waals surface area contributed by atoms with Gasteiger partial charge in [0.15, 0.2) is 0 Å². The minimum atomic E-state index is -1.55. The van der Waals surface area contributed by atoms with Crippen molar-refractivity contribution in [3.8, 4) is 11.3 Å². The second-order valence-electron chi connectivity index (χ2n) is 11.6. The zero-order valence-corrected chi connectivity index (χ0v) is 22.5. The maximum absolute atomic E-state index is 4.82. The summed E-state index contributed by atoms with van der Waals surface area (Å²) in [6.07, 6.45) is 2.81. The van der Waals surface area contributed by atoms with Crippen molar-refractivity contribution in [1.29, 1.82) is 0 Å². The molecule has 2 aromatic heterocycles. The molecule has 0 amide bonds. The summed E-state index contributed by atoms with van der Waals surface area (Å²) in [5, 5.41) is 5.43. The Hall–Kier alpha value is -2.56. The maximum atomic E-state index is 4.82. The Kier molecular flexibility index (Phi) is 5.22. The zero-order chi connectivity index (χ0) is 23.5. The van der Waals surface area contributed by atoms with Crippen LogP contribution in [0.15, 0.2) is 54.9 Å². The summed E-state index contributed by atoms with van der Waals surface area (Å²) in [4.78, 5) is 9.54. The normalized spacial score (nSPS) is 12.8. The molecule has 0 radical (unpaired) electrons. The van der Waals surface area contributed by atoms with Crippen LogP contribution in [0, 0.1) is 12.3 Å². The van der Waals surface area contributed by atoms with E-state index in [1.165, 1.54) is 47.4 Å². The average molecular weight is 469 g/mol. The highest BCUT2D eigenvalue weighted by atomic mass is 32.1. The molecule has 3 aromatic carbocycles. The number of aryl methyl sites for hydroxylation is 1. The van der Waals surface area contributed by atoms with Gasteiger partial charge in [-0.25, -0.2) is 9.97 Å². The number of thiophene rings is 1. The predicted molar refractivity (Wildman–Crippen MR) is 149 cm³/mol. The third kappa shape index (κ3) is 4.22. The molecule has 0 aliphatic rings. The Balaban J connectivity index is 1.75. The molecular formula is C29H32N2SSi. The first kappa shape index (κ1) is 22.2. The van der Waals surface area contributed by atoms with E-state index in [0.29, 0.717) is 0 Å². The Morgan fingerprint density at radius 3 is 2.36 bits per heavy atom. The number of aromatic nitrogens is 2. The number of rotatable bonds is 3. The molecule has 0 unspecified atom stereocenters. The van der Waals surface area contributed by atoms with Crippen molar-refractivity contribution in [2.24, 2.45) is 5.41 Å². The second-order valence-corrected chi connectivity index (χ2v) is 17.7. The summed E-state index contributed by atoms with van der Waals surface area (Å²) >= 11 is 1.83. The molecule has 33 heavy (non-hydrogen) atoms. The van der Waals surface area contributed by atoms with Gasteiger partial charge >= 0.3 is 0 Å². The van der Waals surface area contributed by atoms with Gasteiger partial charge in [0.05, 0.1) is 24.0 Å². The van der Waals surface area contributed by atoms with E-state index in [1.54, 1.807) is 6.33 Å². The maximum Gasteiger partial charge on any atom is 0.116 e. The van der Waals surface area contributed by atoms with Crippen LogP contribution in [-0.2, 0) is 6.42 Å². The molecule has 2 heterocycles. The highest BCUT2D eigenvalue weighted by molar-refractivity contribution is 7.26. The SMILES string of the molecule is Cc1ccc2c([Si](C)(C)C)cc(-c3ncnc4c3sc3cc(CC(C)(C)C)ccc34)cc2c1. The van der Waals surface area contributed by atoms with Gasteiger partial charge in [-0.15, -0.1) is 11.3 Å². The molecule has 0 fully saturated rings. The first-order chi connectivity index (χ1) is 15.5. The molecule has 5 rings (SSSR count). The molecule has 0 aliphatic heterocycles. The van der Waals surface area contributed by atoms with Crippen molar-refractivity contribution < 1.29 is 0 Å². The first-order valence-electron chi connectivity index (χ1n) is 11.7. The molecule has 0 N–H and O–H groups in total. The fraction of sp³-hybridized carbons (Fsp3) is 0.310. The number of benzene rings is 3. The quantitative estimate of drug-likeness (QED) is 0.250. The van der Waals surface area contributed by atoms with Gasteiger partial charge in [0.2, 0.25) is 0 Å². The number of nitrogens with zero attached hydrogens (tertiary/aromatic N) is 2. The lowest BCUT2D eigenvalue weighted by molar-refractivity contribution is 0.411. The summed E-state index contributed by atoms with van der Waals surface area (Å²) in [6.45, 7) is 16.3. The van der Waals surface area contributed by atoms with Crippen LogP contribution in [-0.4, -0.2) is 18.0 Å². The average Bonchev–Trinajstić information content (AvgIpc) is 3.08. The van der Waals surface area contributed by atoms with Crippen LogP contribution in [0.4, 0.5) is 0 Å². The molecule has 0 spiro atoms. The van der Waals surface area contributed by atoms with Crippen molar-refractivity contribution in [2.45, 2.75) is 53.8 Å². The summed E-state index contributed by atoms with van der Waals surface area (Å²) in [6, 6.07) is 18.4. The van der Waals surface area contributed by atoms with E-state index in [4.69, 9.17) is 9.97 Å². The lowest BCUT2D eigenvalue weighted by Gasteiger charge is -2.21. The lowest BCUT2D eigenvalue weighted by atomic mass is 9.88. The van der Waals surface area contributed by atoms with Crippen molar-refractivity contribution in [1.82, 2.24) is 9.97 Å². The van der Waals surface area contributed by atoms with Crippen molar-refractivity contribution >= 4 is 55.7 Å². The van der Waals surface area contributed by atoms with Crippen molar-refractivity contribution in [3.05, 3.63) is 66.0 Å². The predicted octanol–water partition coefficient (Wildman–Crippen LogP) is 8.11. The van der Waals surface area contributed by atoms with Gasteiger partial charge in [0.1, 0.15) is 6.33 Å². The van der Waals surface area contributed by atoms with Gasteiger partial charge in [0, 0.05) is 15.6 Å². The van der Waals surface area contributed by atoms with Gasteiger partial charge in [-0.1, -0.05) is 87.6 Å². The Bertz CT molecular complexity index is 1520. The van der Waals surface area contributed by atoms with Crippen LogP contribution in [0.5, 0.6) is 0 Å². The number of hydrogen-bond donors (Lipinski definition) is 0. The summed E-state index contributed by atoms with van der Waals surface area (Å²) < 4.78 is 2.49. The molecule has 5 aromatic rings. The molecule has 0 saturated heterocycles. The Labute approximate surface area is 201 Å². The van der Waals surface area contributed by atoms with Crippen LogP contribution in [0.1, 0.15) is 31.9 Å². The zero-order valence-electron chi connectivity index (χ0n) is 20.7. The van der Waals surface area contributed by atoms with E-state index in [2.05, 4.69) is 95.9 Å². The van der Waals surface area contributed by atoms with Crippen LogP contribution in [0.25, 0.3) is 42.3 Å². The fourth-order valence-corrected chi connectivity index (χ4v) is 7.65.